The van der Waals surface area contributed by atoms with Crippen molar-refractivity contribution in [2.75, 3.05) is 27.2 Å². The van der Waals surface area contributed by atoms with Gasteiger partial charge >= 0.3 is 16.3 Å². The molecule has 5 atom stereocenters. The van der Waals surface area contributed by atoms with Crippen molar-refractivity contribution in [3.8, 4) is 5.88 Å². The van der Waals surface area contributed by atoms with E-state index in [1.165, 1.54) is 25.1 Å². The Hall–Kier alpha value is -4.50. The topological polar surface area (TPSA) is 176 Å². The minimum atomic E-state index is -4.16. The molecule has 14 nitrogen and oxygen atoms in total. The number of cyclic esters (lactones) is 1. The van der Waals surface area contributed by atoms with E-state index in [1.807, 2.05) is 41.1 Å². The number of alkyl carbamates (subject to hydrolysis) is 1. The number of amides is 4. The molecule has 3 heterocycles. The highest BCUT2D eigenvalue weighted by atomic mass is 32.2. The fourth-order valence-corrected chi connectivity index (χ4v) is 6.68. The second kappa shape index (κ2) is 13.8. The first-order valence-corrected chi connectivity index (χ1v) is 17.6. The van der Waals surface area contributed by atoms with E-state index >= 15 is 0 Å². The van der Waals surface area contributed by atoms with E-state index in [4.69, 9.17) is 9.47 Å². The van der Waals surface area contributed by atoms with Gasteiger partial charge in [0.2, 0.25) is 17.7 Å². The molecule has 2 fully saturated rings. The Morgan fingerprint density at radius 1 is 1.20 bits per heavy atom. The first-order valence-electron chi connectivity index (χ1n) is 16.2. The molecule has 264 valence electrons. The average Bonchev–Trinajstić information content (AvgIpc) is 3.59. The lowest BCUT2D eigenvalue weighted by Gasteiger charge is -2.35. The molecule has 3 aliphatic rings. The highest BCUT2D eigenvalue weighted by Crippen LogP contribution is 2.45. The lowest BCUT2D eigenvalue weighted by atomic mass is 9.85. The molecule has 1 aromatic heterocycles. The Balaban J connectivity index is 1.51. The van der Waals surface area contributed by atoms with Crippen molar-refractivity contribution >= 4 is 50.9 Å². The zero-order valence-corrected chi connectivity index (χ0v) is 29.2. The number of hydrogen-bond acceptors (Lipinski definition) is 9. The van der Waals surface area contributed by atoms with Crippen molar-refractivity contribution in [1.29, 1.82) is 0 Å². The quantitative estimate of drug-likeness (QED) is 0.383. The van der Waals surface area contributed by atoms with Crippen LogP contribution in [0.1, 0.15) is 52.0 Å². The highest BCUT2D eigenvalue weighted by molar-refractivity contribution is 7.87. The summed E-state index contributed by atoms with van der Waals surface area (Å²) in [5, 5.41) is 7.10. The number of pyridine rings is 1. The van der Waals surface area contributed by atoms with Crippen LogP contribution in [0.15, 0.2) is 49.2 Å². The average molecular weight is 697 g/mol. The Morgan fingerprint density at radius 3 is 2.63 bits per heavy atom. The van der Waals surface area contributed by atoms with Gasteiger partial charge in [-0.1, -0.05) is 51.1 Å². The number of hydrogen-bond donors (Lipinski definition) is 3. The Kier molecular flexibility index (Phi) is 10.1. The third kappa shape index (κ3) is 7.72. The predicted octanol–water partition coefficient (Wildman–Crippen LogP) is 2.51. The van der Waals surface area contributed by atoms with Crippen molar-refractivity contribution in [1.82, 2.24) is 29.5 Å². The summed E-state index contributed by atoms with van der Waals surface area (Å²) in [5.41, 5.74) is -1.46. The molecule has 49 heavy (non-hydrogen) atoms. The van der Waals surface area contributed by atoms with Crippen LogP contribution in [0.5, 0.6) is 5.88 Å². The van der Waals surface area contributed by atoms with Crippen LogP contribution < -0.4 is 20.1 Å². The Morgan fingerprint density at radius 2 is 1.96 bits per heavy atom. The van der Waals surface area contributed by atoms with E-state index in [0.717, 1.165) is 20.6 Å². The zero-order valence-electron chi connectivity index (χ0n) is 28.4. The van der Waals surface area contributed by atoms with Gasteiger partial charge in [0.25, 0.3) is 5.91 Å². The maximum absolute atomic E-state index is 14.3. The number of allylic oxidation sites excluding steroid dienone is 1. The van der Waals surface area contributed by atoms with Gasteiger partial charge in [-0.05, 0) is 47.8 Å². The third-order valence-corrected chi connectivity index (χ3v) is 10.5. The molecular formula is C34H44N6O8S. The molecule has 5 rings (SSSR count). The molecule has 4 amide bonds. The second-order valence-electron chi connectivity index (χ2n) is 13.9. The van der Waals surface area contributed by atoms with E-state index in [-0.39, 0.29) is 26.0 Å². The monoisotopic (exact) mass is 696 g/mol. The van der Waals surface area contributed by atoms with Crippen molar-refractivity contribution < 1.29 is 37.1 Å². The van der Waals surface area contributed by atoms with Gasteiger partial charge in [0.15, 0.2) is 0 Å². The van der Waals surface area contributed by atoms with Crippen LogP contribution in [-0.4, -0.2) is 97.4 Å². The summed E-state index contributed by atoms with van der Waals surface area (Å²) in [6, 6.07) is 5.51. The predicted molar refractivity (Wildman–Crippen MR) is 182 cm³/mol. The van der Waals surface area contributed by atoms with E-state index in [2.05, 4.69) is 22.2 Å². The molecule has 2 aliphatic heterocycles. The largest absolute Gasteiger partial charge is 0.472 e. The number of carbonyl (C=O) groups is 4. The number of ether oxygens (including phenoxy) is 2. The highest BCUT2D eigenvalue weighted by Gasteiger charge is 2.61. The smallest absolute Gasteiger partial charge is 0.407 e. The van der Waals surface area contributed by atoms with Crippen molar-refractivity contribution in [2.24, 2.45) is 11.3 Å². The van der Waals surface area contributed by atoms with Crippen molar-refractivity contribution in [2.45, 2.75) is 70.2 Å². The second-order valence-corrected chi connectivity index (χ2v) is 15.8. The molecule has 1 saturated heterocycles. The van der Waals surface area contributed by atoms with Gasteiger partial charge in [0.1, 0.15) is 23.7 Å². The summed E-state index contributed by atoms with van der Waals surface area (Å²) in [5.74, 6) is -2.35. The van der Waals surface area contributed by atoms with Crippen LogP contribution in [0.4, 0.5) is 4.79 Å². The molecule has 1 saturated carbocycles. The maximum Gasteiger partial charge on any atom is 0.407 e. The van der Waals surface area contributed by atoms with E-state index in [9.17, 15) is 27.6 Å². The fourth-order valence-electron chi connectivity index (χ4n) is 6.09. The van der Waals surface area contributed by atoms with Crippen LogP contribution in [-0.2, 0) is 29.3 Å². The number of carbonyl (C=O) groups excluding carboxylic acids is 4. The van der Waals surface area contributed by atoms with Crippen LogP contribution in [0.2, 0.25) is 0 Å². The minimum absolute atomic E-state index is 0.0307. The molecule has 1 aromatic carbocycles. The van der Waals surface area contributed by atoms with Gasteiger partial charge < -0.3 is 25.0 Å². The molecule has 15 heteroatoms. The van der Waals surface area contributed by atoms with E-state index in [1.54, 1.807) is 27.0 Å². The number of rotatable bonds is 6. The summed E-state index contributed by atoms with van der Waals surface area (Å²) in [4.78, 5) is 60.6. The van der Waals surface area contributed by atoms with Gasteiger partial charge in [-0.15, -0.1) is 6.58 Å². The SMILES string of the molecule is C=C[C@@H]1C[C@]1(NC(=O)[C@@H]1C[C@H]2CN1C(=O)[C@H](C(C)(C)C)NC(=O)OCCCC=Cc1ccc3ccnc(c3c1)O2)C(=O)NS(=O)(=O)N(C)C. The number of fused-ring (bicyclic) bond motifs is 3. The summed E-state index contributed by atoms with van der Waals surface area (Å²) in [6.45, 7) is 9.20. The summed E-state index contributed by atoms with van der Waals surface area (Å²) in [6.07, 6.45) is 6.96. The lowest BCUT2D eigenvalue weighted by Crippen LogP contribution is -2.60. The molecule has 0 unspecified atom stereocenters. The van der Waals surface area contributed by atoms with Crippen LogP contribution in [0.25, 0.3) is 16.8 Å². The van der Waals surface area contributed by atoms with E-state index < -0.39 is 69.1 Å². The molecule has 2 aromatic rings. The normalized spacial score (nSPS) is 26.3. The minimum Gasteiger partial charge on any atom is -0.472 e. The first-order chi connectivity index (χ1) is 23.1. The molecular weight excluding hydrogens is 652 g/mol. The van der Waals surface area contributed by atoms with Gasteiger partial charge in [0.05, 0.1) is 13.2 Å². The van der Waals surface area contributed by atoms with Gasteiger partial charge in [0, 0.05) is 38.0 Å². The van der Waals surface area contributed by atoms with Crippen LogP contribution in [0.3, 0.4) is 0 Å². The van der Waals surface area contributed by atoms with E-state index in [0.29, 0.717) is 18.7 Å². The number of aromatic nitrogens is 1. The maximum atomic E-state index is 14.3. The molecule has 3 N–H and O–H groups in total. The van der Waals surface area contributed by atoms with Crippen LogP contribution >= 0.6 is 0 Å². The van der Waals surface area contributed by atoms with Crippen molar-refractivity contribution in [3.63, 3.8) is 0 Å². The molecule has 0 radical (unpaired) electrons. The summed E-state index contributed by atoms with van der Waals surface area (Å²) < 4.78 is 39.7. The van der Waals surface area contributed by atoms with Crippen LogP contribution in [0, 0.1) is 11.3 Å². The zero-order chi connectivity index (χ0) is 35.7. The first kappa shape index (κ1) is 35.8. The van der Waals surface area contributed by atoms with Crippen molar-refractivity contribution in [3.05, 3.63) is 54.8 Å². The fraction of sp³-hybridized carbons (Fsp3) is 0.500. The molecule has 1 aliphatic carbocycles. The Bertz CT molecular complexity index is 1790. The van der Waals surface area contributed by atoms with Gasteiger partial charge in [-0.25, -0.2) is 14.5 Å². The molecule has 0 spiro atoms. The van der Waals surface area contributed by atoms with Gasteiger partial charge in [-0.3, -0.25) is 14.4 Å². The summed E-state index contributed by atoms with van der Waals surface area (Å²) >= 11 is 0. The standard InChI is InChI=1S/C34H44N6O8S/c1-7-23-19-34(23,31(43)38-49(45,46)39(5)6)37-28(41)26-18-24-20-40(26)30(42)27(33(2,3)4)36-32(44)47-16-10-8-9-11-21-12-13-22-14-15-35-29(48-24)25(22)17-21/h7,9,11-15,17,23-24,26-27H,1,8,10,16,18-20H2,2-6H3,(H,36,44)(H,37,41)(H,38,43)/t23-,24+,26+,27-,34-/m1/s1. The lowest BCUT2D eigenvalue weighted by molar-refractivity contribution is -0.142. The summed E-state index contributed by atoms with van der Waals surface area (Å²) in [7, 11) is -1.62. The number of nitrogens with zero attached hydrogens (tertiary/aromatic N) is 3. The Labute approximate surface area is 286 Å². The molecule has 4 bridgehead atoms. The number of nitrogens with one attached hydrogen (secondary N) is 3. The number of benzene rings is 1. The third-order valence-electron chi connectivity index (χ3n) is 9.07. The van der Waals surface area contributed by atoms with Gasteiger partial charge in [-0.2, -0.15) is 12.7 Å².